The third kappa shape index (κ3) is 2.55. The molecule has 1 heterocycles. The zero-order chi connectivity index (χ0) is 15.0. The van der Waals surface area contributed by atoms with Gasteiger partial charge in [-0.15, -0.1) is 0 Å². The molecule has 0 saturated heterocycles. The lowest BCUT2D eigenvalue weighted by atomic mass is 10.1. The molecule has 0 amide bonds. The number of benzene rings is 2. The lowest BCUT2D eigenvalue weighted by molar-refractivity contribution is 0.0485. The summed E-state index contributed by atoms with van der Waals surface area (Å²) in [5, 5.41) is 8.38. The molecule has 2 aromatic carbocycles. The Morgan fingerprint density at radius 3 is 2.48 bits per heavy atom. The van der Waals surface area contributed by atoms with E-state index in [-0.39, 0.29) is 5.56 Å². The number of carboxylic acid groups (broad SMARTS) is 1. The Kier molecular flexibility index (Phi) is 3.27. The molecule has 1 N–H and O–H groups in total. The zero-order valence-electron chi connectivity index (χ0n) is 10.6. The van der Waals surface area contributed by atoms with Crippen LogP contribution in [0.5, 0.6) is 11.5 Å². The summed E-state index contributed by atoms with van der Waals surface area (Å²) in [7, 11) is 0. The number of rotatable bonds is 3. The van der Waals surface area contributed by atoms with Gasteiger partial charge in [0.05, 0.1) is 5.56 Å². The summed E-state index contributed by atoms with van der Waals surface area (Å²) in [4.78, 5) is 22.1. The Morgan fingerprint density at radius 1 is 1.00 bits per heavy atom. The Balaban J connectivity index is 1.89. The van der Waals surface area contributed by atoms with Crippen LogP contribution in [0.1, 0.15) is 32.6 Å². The van der Waals surface area contributed by atoms with E-state index < -0.39 is 17.5 Å². The van der Waals surface area contributed by atoms with Gasteiger partial charge in [-0.05, 0) is 35.9 Å². The highest BCUT2D eigenvalue weighted by molar-refractivity contribution is 6.67. The van der Waals surface area contributed by atoms with E-state index in [4.69, 9.17) is 26.2 Å². The van der Waals surface area contributed by atoms with E-state index in [1.54, 1.807) is 24.3 Å². The Bertz CT molecular complexity index is 741. The number of hydrogen-bond donors (Lipinski definition) is 1. The molecule has 0 aliphatic carbocycles. The van der Waals surface area contributed by atoms with Crippen LogP contribution in [-0.4, -0.2) is 16.3 Å². The van der Waals surface area contributed by atoms with Crippen LogP contribution < -0.4 is 9.47 Å². The summed E-state index contributed by atoms with van der Waals surface area (Å²) in [6.45, 7) is 0. The molecule has 0 fully saturated rings. The van der Waals surface area contributed by atoms with Gasteiger partial charge in [-0.1, -0.05) is 18.2 Å². The van der Waals surface area contributed by atoms with Crippen LogP contribution in [0.15, 0.2) is 42.5 Å². The van der Waals surface area contributed by atoms with Crippen molar-refractivity contribution in [1.82, 2.24) is 0 Å². The van der Waals surface area contributed by atoms with Crippen molar-refractivity contribution in [2.24, 2.45) is 0 Å². The molecule has 1 unspecified atom stereocenters. The van der Waals surface area contributed by atoms with Crippen LogP contribution in [0.25, 0.3) is 0 Å². The van der Waals surface area contributed by atoms with E-state index in [0.717, 1.165) is 0 Å². The molecule has 5 nitrogen and oxygen atoms in total. The predicted octanol–water partition coefficient (Wildman–Crippen LogP) is 3.23. The average Bonchev–Trinajstić information content (AvgIpc) is 2.90. The first-order chi connectivity index (χ1) is 10.0. The second-order valence-corrected chi connectivity index (χ2v) is 4.78. The normalized spacial score (nSPS) is 15.8. The maximum atomic E-state index is 11.2. The fraction of sp³-hybridized carbons (Fsp3) is 0.0667. The topological polar surface area (TPSA) is 72.8 Å². The molecule has 0 aromatic heterocycles. The summed E-state index contributed by atoms with van der Waals surface area (Å²) in [6.07, 6.45) is -0.736. The fourth-order valence-electron chi connectivity index (χ4n) is 2.03. The summed E-state index contributed by atoms with van der Waals surface area (Å²) in [5.41, 5.74) is 1.07. The standard InChI is InChI=1S/C15H9ClO5/c16-13(17)8-2-1-3-10(6-8)15-20-11-5-4-9(14(18)19)7-12(11)21-15/h1-7,15H,(H,18,19). The Hall–Kier alpha value is -2.53. The van der Waals surface area contributed by atoms with Gasteiger partial charge in [-0.25, -0.2) is 4.79 Å². The summed E-state index contributed by atoms with van der Waals surface area (Å²) >= 11 is 5.44. The summed E-state index contributed by atoms with van der Waals surface area (Å²) < 4.78 is 11.2. The van der Waals surface area contributed by atoms with Crippen LogP contribution >= 0.6 is 11.6 Å². The number of hydrogen-bond acceptors (Lipinski definition) is 4. The van der Waals surface area contributed by atoms with E-state index >= 15 is 0 Å². The van der Waals surface area contributed by atoms with Gasteiger partial charge in [-0.2, -0.15) is 0 Å². The maximum Gasteiger partial charge on any atom is 0.335 e. The highest BCUT2D eigenvalue weighted by Gasteiger charge is 2.27. The molecule has 2 aromatic rings. The molecule has 0 bridgehead atoms. The molecule has 3 rings (SSSR count). The van der Waals surface area contributed by atoms with Crippen LogP contribution in [0.2, 0.25) is 0 Å². The number of carbonyl (C=O) groups excluding carboxylic acids is 1. The molecule has 0 radical (unpaired) electrons. The number of fused-ring (bicyclic) bond motifs is 1. The van der Waals surface area contributed by atoms with Gasteiger partial charge in [0.25, 0.3) is 11.5 Å². The molecule has 1 aliphatic heterocycles. The molecular weight excluding hydrogens is 296 g/mol. The van der Waals surface area contributed by atoms with Gasteiger partial charge in [0.1, 0.15) is 0 Å². The number of carbonyl (C=O) groups is 2. The highest BCUT2D eigenvalue weighted by atomic mass is 35.5. The first-order valence-electron chi connectivity index (χ1n) is 6.05. The van der Waals surface area contributed by atoms with Crippen molar-refractivity contribution < 1.29 is 24.2 Å². The monoisotopic (exact) mass is 304 g/mol. The van der Waals surface area contributed by atoms with Gasteiger partial charge >= 0.3 is 5.97 Å². The average molecular weight is 305 g/mol. The van der Waals surface area contributed by atoms with Gasteiger partial charge in [0.2, 0.25) is 0 Å². The minimum Gasteiger partial charge on any atom is -0.478 e. The summed E-state index contributed by atoms with van der Waals surface area (Å²) in [5.74, 6) is -0.241. The van der Waals surface area contributed by atoms with Crippen molar-refractivity contribution in [3.8, 4) is 11.5 Å². The van der Waals surface area contributed by atoms with E-state index in [1.807, 2.05) is 0 Å². The quantitative estimate of drug-likeness (QED) is 0.881. The van der Waals surface area contributed by atoms with E-state index in [9.17, 15) is 9.59 Å². The van der Waals surface area contributed by atoms with Crippen molar-refractivity contribution in [2.75, 3.05) is 0 Å². The maximum absolute atomic E-state index is 11.2. The summed E-state index contributed by atoms with van der Waals surface area (Å²) in [6, 6.07) is 10.9. The highest BCUT2D eigenvalue weighted by Crippen LogP contribution is 2.41. The molecule has 6 heteroatoms. The van der Waals surface area contributed by atoms with E-state index in [0.29, 0.717) is 22.6 Å². The number of halogens is 1. The first kappa shape index (κ1) is 13.5. The third-order valence-electron chi connectivity index (χ3n) is 3.04. The fourth-order valence-corrected chi connectivity index (χ4v) is 2.15. The molecule has 106 valence electrons. The van der Waals surface area contributed by atoms with Crippen molar-refractivity contribution in [2.45, 2.75) is 6.29 Å². The van der Waals surface area contributed by atoms with E-state index in [1.165, 1.54) is 18.2 Å². The van der Waals surface area contributed by atoms with Gasteiger partial charge < -0.3 is 14.6 Å². The number of aromatic carboxylic acids is 1. The van der Waals surface area contributed by atoms with Crippen molar-refractivity contribution in [3.63, 3.8) is 0 Å². The van der Waals surface area contributed by atoms with E-state index in [2.05, 4.69) is 0 Å². The number of ether oxygens (including phenoxy) is 2. The molecular formula is C15H9ClO5. The lowest BCUT2D eigenvalue weighted by Crippen LogP contribution is -2.08. The Labute approximate surface area is 124 Å². The van der Waals surface area contributed by atoms with Crippen LogP contribution in [0, 0.1) is 0 Å². The van der Waals surface area contributed by atoms with Crippen molar-refractivity contribution in [1.29, 1.82) is 0 Å². The molecule has 0 saturated carbocycles. The van der Waals surface area contributed by atoms with Gasteiger partial charge in [0, 0.05) is 11.1 Å². The first-order valence-corrected chi connectivity index (χ1v) is 6.43. The minimum atomic E-state index is -1.04. The Morgan fingerprint density at radius 2 is 1.76 bits per heavy atom. The third-order valence-corrected chi connectivity index (χ3v) is 3.26. The lowest BCUT2D eigenvalue weighted by Gasteiger charge is -2.10. The predicted molar refractivity (Wildman–Crippen MR) is 74.0 cm³/mol. The molecule has 21 heavy (non-hydrogen) atoms. The zero-order valence-corrected chi connectivity index (χ0v) is 11.3. The van der Waals surface area contributed by atoms with Crippen molar-refractivity contribution >= 4 is 22.8 Å². The van der Waals surface area contributed by atoms with Crippen molar-refractivity contribution in [3.05, 3.63) is 59.2 Å². The smallest absolute Gasteiger partial charge is 0.335 e. The second kappa shape index (κ2) is 5.10. The molecule has 1 aliphatic rings. The second-order valence-electron chi connectivity index (χ2n) is 4.43. The van der Waals surface area contributed by atoms with Gasteiger partial charge in [-0.3, -0.25) is 4.79 Å². The van der Waals surface area contributed by atoms with Crippen LogP contribution in [0.4, 0.5) is 0 Å². The SMILES string of the molecule is O=C(O)c1ccc2c(c1)OC(c1cccc(C(=O)Cl)c1)O2. The van der Waals surface area contributed by atoms with Crippen LogP contribution in [0.3, 0.4) is 0 Å². The largest absolute Gasteiger partial charge is 0.478 e. The van der Waals surface area contributed by atoms with Crippen LogP contribution in [-0.2, 0) is 0 Å². The number of carboxylic acids is 1. The molecule has 1 atom stereocenters. The minimum absolute atomic E-state index is 0.114. The van der Waals surface area contributed by atoms with Gasteiger partial charge in [0.15, 0.2) is 11.5 Å². The molecule has 0 spiro atoms.